The molecule has 4 heteroatoms. The van der Waals surface area contributed by atoms with Crippen LogP contribution in [-0.2, 0) is 0 Å². The summed E-state index contributed by atoms with van der Waals surface area (Å²) in [6.45, 7) is 9.09. The highest BCUT2D eigenvalue weighted by Crippen LogP contribution is 2.30. The number of rotatable bonds is 8. The van der Waals surface area contributed by atoms with E-state index in [1.165, 1.54) is 57.5 Å². The van der Waals surface area contributed by atoms with Gasteiger partial charge in [0.25, 0.3) is 0 Å². The quantitative estimate of drug-likeness (QED) is 0.747. The molecule has 20 heavy (non-hydrogen) atoms. The van der Waals surface area contributed by atoms with Crippen molar-refractivity contribution in [2.24, 2.45) is 5.73 Å². The monoisotopic (exact) mass is 301 g/mol. The maximum Gasteiger partial charge on any atom is 0.0344 e. The molecule has 2 N–H and O–H groups in total. The molecular formula is C16H35N3S. The Morgan fingerprint density at radius 2 is 2.05 bits per heavy atom. The summed E-state index contributed by atoms with van der Waals surface area (Å²) in [5.74, 6) is 1.22. The van der Waals surface area contributed by atoms with Gasteiger partial charge in [0, 0.05) is 23.9 Å². The van der Waals surface area contributed by atoms with Crippen LogP contribution in [0.1, 0.15) is 46.0 Å². The Kier molecular flexibility index (Phi) is 8.49. The van der Waals surface area contributed by atoms with E-state index in [-0.39, 0.29) is 5.54 Å². The summed E-state index contributed by atoms with van der Waals surface area (Å²) in [7, 11) is 2.31. The van der Waals surface area contributed by atoms with Gasteiger partial charge in [0.15, 0.2) is 0 Å². The second-order valence-corrected chi connectivity index (χ2v) is 7.16. The molecule has 2 unspecified atom stereocenters. The Labute approximate surface area is 130 Å². The van der Waals surface area contributed by atoms with Crippen molar-refractivity contribution in [3.8, 4) is 0 Å². The van der Waals surface area contributed by atoms with Crippen molar-refractivity contribution < 1.29 is 0 Å². The first kappa shape index (κ1) is 18.3. The van der Waals surface area contributed by atoms with Crippen LogP contribution in [0.5, 0.6) is 0 Å². The lowest BCUT2D eigenvalue weighted by molar-refractivity contribution is 0.0697. The molecule has 0 aromatic carbocycles. The predicted molar refractivity (Wildman–Crippen MR) is 92.6 cm³/mol. The Balaban J connectivity index is 2.74. The lowest BCUT2D eigenvalue weighted by Crippen LogP contribution is -2.57. The molecular weight excluding hydrogens is 266 g/mol. The maximum absolute atomic E-state index is 6.25. The summed E-state index contributed by atoms with van der Waals surface area (Å²) in [6, 6.07) is 0.659. The smallest absolute Gasteiger partial charge is 0.0344 e. The van der Waals surface area contributed by atoms with Gasteiger partial charge in [-0.2, -0.15) is 11.8 Å². The Bertz CT molecular complexity index is 262. The molecule has 0 aromatic heterocycles. The van der Waals surface area contributed by atoms with Gasteiger partial charge in [-0.15, -0.1) is 0 Å². The third-order valence-electron chi connectivity index (χ3n) is 5.06. The van der Waals surface area contributed by atoms with Crippen molar-refractivity contribution in [3.63, 3.8) is 0 Å². The number of thioether (sulfide) groups is 1. The molecule has 1 heterocycles. The molecule has 1 aliphatic rings. The lowest BCUT2D eigenvalue weighted by atomic mass is 9.87. The van der Waals surface area contributed by atoms with Gasteiger partial charge in [0.05, 0.1) is 0 Å². The SMILES string of the molecule is CCCN1CCCC(CN)(N(C)C(CC)CSC)CC1. The van der Waals surface area contributed by atoms with Gasteiger partial charge in [-0.3, -0.25) is 4.90 Å². The van der Waals surface area contributed by atoms with Gasteiger partial charge in [0.2, 0.25) is 0 Å². The van der Waals surface area contributed by atoms with Gasteiger partial charge < -0.3 is 10.6 Å². The van der Waals surface area contributed by atoms with E-state index in [1.807, 2.05) is 11.8 Å². The molecule has 0 amide bonds. The van der Waals surface area contributed by atoms with Crippen LogP contribution in [0.15, 0.2) is 0 Å². The van der Waals surface area contributed by atoms with Crippen molar-refractivity contribution in [2.45, 2.75) is 57.5 Å². The van der Waals surface area contributed by atoms with Crippen molar-refractivity contribution in [1.82, 2.24) is 9.80 Å². The highest BCUT2D eigenvalue weighted by atomic mass is 32.2. The minimum atomic E-state index is 0.221. The second kappa shape index (κ2) is 9.29. The summed E-state index contributed by atoms with van der Waals surface area (Å²) in [5.41, 5.74) is 6.47. The zero-order chi connectivity index (χ0) is 15.0. The van der Waals surface area contributed by atoms with E-state index >= 15 is 0 Å². The summed E-state index contributed by atoms with van der Waals surface area (Å²) in [5, 5.41) is 0. The lowest BCUT2D eigenvalue weighted by Gasteiger charge is -2.45. The first-order valence-electron chi connectivity index (χ1n) is 8.27. The molecule has 3 nitrogen and oxygen atoms in total. The van der Waals surface area contributed by atoms with Crippen LogP contribution in [0.25, 0.3) is 0 Å². The fourth-order valence-electron chi connectivity index (χ4n) is 3.56. The highest BCUT2D eigenvalue weighted by molar-refractivity contribution is 7.98. The molecule has 1 aliphatic heterocycles. The third kappa shape index (κ3) is 4.62. The first-order valence-corrected chi connectivity index (χ1v) is 9.67. The molecule has 1 rings (SSSR count). The van der Waals surface area contributed by atoms with E-state index in [2.05, 4.69) is 37.0 Å². The number of likely N-dealkylation sites (tertiary alicyclic amines) is 1. The maximum atomic E-state index is 6.25. The van der Waals surface area contributed by atoms with Gasteiger partial charge in [-0.25, -0.2) is 0 Å². The number of likely N-dealkylation sites (N-methyl/N-ethyl adjacent to an activating group) is 1. The summed E-state index contributed by atoms with van der Waals surface area (Å²) >= 11 is 1.96. The number of nitrogens with zero attached hydrogens (tertiary/aromatic N) is 2. The minimum absolute atomic E-state index is 0.221. The molecule has 0 radical (unpaired) electrons. The van der Waals surface area contributed by atoms with E-state index in [0.29, 0.717) is 6.04 Å². The summed E-state index contributed by atoms with van der Waals surface area (Å²) in [6.07, 6.45) is 8.46. The number of hydrogen-bond donors (Lipinski definition) is 1. The van der Waals surface area contributed by atoms with Crippen molar-refractivity contribution >= 4 is 11.8 Å². The van der Waals surface area contributed by atoms with E-state index < -0.39 is 0 Å². The molecule has 0 aromatic rings. The molecule has 0 saturated carbocycles. The van der Waals surface area contributed by atoms with E-state index in [4.69, 9.17) is 5.73 Å². The van der Waals surface area contributed by atoms with Crippen LogP contribution in [0.2, 0.25) is 0 Å². The van der Waals surface area contributed by atoms with Crippen LogP contribution in [-0.4, -0.2) is 66.6 Å². The average Bonchev–Trinajstić information content (AvgIpc) is 2.68. The second-order valence-electron chi connectivity index (χ2n) is 6.25. The van der Waals surface area contributed by atoms with Crippen LogP contribution >= 0.6 is 11.8 Å². The van der Waals surface area contributed by atoms with Gasteiger partial charge >= 0.3 is 0 Å². The molecule has 1 fully saturated rings. The molecule has 1 saturated heterocycles. The molecule has 120 valence electrons. The molecule has 0 aliphatic carbocycles. The summed E-state index contributed by atoms with van der Waals surface area (Å²) in [4.78, 5) is 5.25. The van der Waals surface area contributed by atoms with Crippen molar-refractivity contribution in [1.29, 1.82) is 0 Å². The van der Waals surface area contributed by atoms with Crippen molar-refractivity contribution in [3.05, 3.63) is 0 Å². The van der Waals surface area contributed by atoms with Crippen LogP contribution in [0.4, 0.5) is 0 Å². The largest absolute Gasteiger partial charge is 0.329 e. The van der Waals surface area contributed by atoms with Gasteiger partial charge in [0.1, 0.15) is 0 Å². The number of nitrogens with two attached hydrogens (primary N) is 1. The topological polar surface area (TPSA) is 32.5 Å². The fraction of sp³-hybridized carbons (Fsp3) is 1.00. The van der Waals surface area contributed by atoms with E-state index in [9.17, 15) is 0 Å². The Hall–Kier alpha value is 0.230. The third-order valence-corrected chi connectivity index (χ3v) is 5.77. The van der Waals surface area contributed by atoms with E-state index in [0.717, 1.165) is 6.54 Å². The predicted octanol–water partition coefficient (Wildman–Crippen LogP) is 2.65. The van der Waals surface area contributed by atoms with Crippen LogP contribution in [0.3, 0.4) is 0 Å². The van der Waals surface area contributed by atoms with E-state index in [1.54, 1.807) is 0 Å². The highest BCUT2D eigenvalue weighted by Gasteiger charge is 2.37. The zero-order valence-corrected chi connectivity index (χ0v) is 14.8. The minimum Gasteiger partial charge on any atom is -0.329 e. The number of hydrogen-bond acceptors (Lipinski definition) is 4. The first-order chi connectivity index (χ1) is 9.63. The normalized spacial score (nSPS) is 26.7. The fourth-order valence-corrected chi connectivity index (χ4v) is 4.40. The Morgan fingerprint density at radius 3 is 2.60 bits per heavy atom. The average molecular weight is 302 g/mol. The Morgan fingerprint density at radius 1 is 1.30 bits per heavy atom. The molecule has 0 bridgehead atoms. The van der Waals surface area contributed by atoms with Crippen molar-refractivity contribution in [2.75, 3.05) is 45.2 Å². The summed E-state index contributed by atoms with van der Waals surface area (Å²) < 4.78 is 0. The van der Waals surface area contributed by atoms with Crippen LogP contribution in [0, 0.1) is 0 Å². The zero-order valence-electron chi connectivity index (χ0n) is 14.0. The molecule has 2 atom stereocenters. The van der Waals surface area contributed by atoms with Crippen LogP contribution < -0.4 is 5.73 Å². The van der Waals surface area contributed by atoms with Gasteiger partial charge in [-0.05, 0) is 65.0 Å². The molecule has 0 spiro atoms. The standard InChI is InChI=1S/C16H35N3S/c1-5-10-19-11-7-8-16(14-17,9-12-19)18(3)15(6-2)13-20-4/h15H,5-14,17H2,1-4H3. The van der Waals surface area contributed by atoms with Gasteiger partial charge in [-0.1, -0.05) is 13.8 Å².